The summed E-state index contributed by atoms with van der Waals surface area (Å²) in [7, 11) is 0. The van der Waals surface area contributed by atoms with Crippen LogP contribution in [0.2, 0.25) is 0 Å². The average molecular weight is 342 g/mol. The lowest BCUT2D eigenvalue weighted by molar-refractivity contribution is -0.355. The van der Waals surface area contributed by atoms with Gasteiger partial charge in [0, 0.05) is 0 Å². The third-order valence-corrected chi connectivity index (χ3v) is 3.98. The molecule has 10 atom stereocenters. The lowest BCUT2D eigenvalue weighted by Gasteiger charge is -2.45. The normalized spacial score (nSPS) is 51.7. The van der Waals surface area contributed by atoms with Crippen molar-refractivity contribution < 1.29 is 55.1 Å². The van der Waals surface area contributed by atoms with E-state index in [0.29, 0.717) is 0 Å². The molecule has 2 aliphatic rings. The van der Waals surface area contributed by atoms with Crippen LogP contribution in [0.4, 0.5) is 0 Å². The van der Waals surface area contributed by atoms with Crippen molar-refractivity contribution in [3.8, 4) is 0 Å². The zero-order chi connectivity index (χ0) is 17.3. The van der Waals surface area contributed by atoms with Crippen LogP contribution in [-0.2, 0) is 14.2 Å². The first kappa shape index (κ1) is 18.9. The molecule has 11 nitrogen and oxygen atoms in total. The van der Waals surface area contributed by atoms with Crippen LogP contribution in [0.5, 0.6) is 0 Å². The van der Waals surface area contributed by atoms with Crippen LogP contribution in [-0.4, -0.2) is 115 Å². The summed E-state index contributed by atoms with van der Waals surface area (Å²) in [5.74, 6) is 0. The SMILES string of the molecule is OC[C@@H]1O[C@H](O[C@@H]2[C@@H](O)[C@H](CO)OC(O)[C@H]2O)[C@@H](O)[C@H](O)[C@H]1O. The van der Waals surface area contributed by atoms with Gasteiger partial charge in [0.25, 0.3) is 0 Å². The molecular formula is C12H22O11. The van der Waals surface area contributed by atoms with Gasteiger partial charge in [-0.15, -0.1) is 0 Å². The first-order chi connectivity index (χ1) is 10.8. The van der Waals surface area contributed by atoms with Gasteiger partial charge in [-0.05, 0) is 0 Å². The standard InChI is InChI=1S/C12H22O11/c13-1-3-5(15)7(17)8(18)12(22-3)23-10-6(16)4(2-14)21-11(20)9(10)19/h3-20H,1-2H2/t3-,4-,5-,6-,7+,8-,9-,10+,11?,12+/m0/s1. The van der Waals surface area contributed by atoms with Crippen molar-refractivity contribution in [2.75, 3.05) is 13.2 Å². The molecular weight excluding hydrogens is 320 g/mol. The van der Waals surface area contributed by atoms with E-state index in [2.05, 4.69) is 0 Å². The van der Waals surface area contributed by atoms with Crippen LogP contribution in [0.25, 0.3) is 0 Å². The van der Waals surface area contributed by atoms with Gasteiger partial charge in [0.15, 0.2) is 12.6 Å². The van der Waals surface area contributed by atoms with E-state index in [0.717, 1.165) is 0 Å². The first-order valence-electron chi connectivity index (χ1n) is 7.08. The summed E-state index contributed by atoms with van der Waals surface area (Å²) >= 11 is 0. The Morgan fingerprint density at radius 3 is 1.78 bits per heavy atom. The van der Waals surface area contributed by atoms with Gasteiger partial charge in [-0.2, -0.15) is 0 Å². The van der Waals surface area contributed by atoms with Gasteiger partial charge in [0.1, 0.15) is 48.8 Å². The molecule has 0 amide bonds. The van der Waals surface area contributed by atoms with E-state index < -0.39 is 74.6 Å². The molecule has 2 saturated heterocycles. The Morgan fingerprint density at radius 2 is 1.22 bits per heavy atom. The topological polar surface area (TPSA) is 190 Å². The Labute approximate surface area is 130 Å². The number of aliphatic hydroxyl groups is 8. The van der Waals surface area contributed by atoms with Crippen molar-refractivity contribution in [2.24, 2.45) is 0 Å². The lowest BCUT2D eigenvalue weighted by Crippen LogP contribution is -2.64. The van der Waals surface area contributed by atoms with Gasteiger partial charge >= 0.3 is 0 Å². The van der Waals surface area contributed by atoms with E-state index in [1.807, 2.05) is 0 Å². The molecule has 0 aromatic heterocycles. The van der Waals surface area contributed by atoms with Crippen LogP contribution in [0.1, 0.15) is 0 Å². The molecule has 0 bridgehead atoms. The number of rotatable bonds is 4. The predicted octanol–water partition coefficient (Wildman–Crippen LogP) is -5.40. The molecule has 136 valence electrons. The second-order valence-electron chi connectivity index (χ2n) is 5.53. The highest BCUT2D eigenvalue weighted by Crippen LogP contribution is 2.28. The Morgan fingerprint density at radius 1 is 0.652 bits per heavy atom. The van der Waals surface area contributed by atoms with Crippen molar-refractivity contribution >= 4 is 0 Å². The number of ether oxygens (including phenoxy) is 3. The van der Waals surface area contributed by atoms with Gasteiger partial charge in [-0.25, -0.2) is 0 Å². The molecule has 0 saturated carbocycles. The van der Waals surface area contributed by atoms with E-state index in [4.69, 9.17) is 24.4 Å². The highest BCUT2D eigenvalue weighted by Gasteiger charge is 2.50. The summed E-state index contributed by atoms with van der Waals surface area (Å²) < 4.78 is 15.1. The molecule has 2 fully saturated rings. The Balaban J connectivity index is 2.11. The molecule has 2 rings (SSSR count). The maximum atomic E-state index is 10.00. The smallest absolute Gasteiger partial charge is 0.187 e. The summed E-state index contributed by atoms with van der Waals surface area (Å²) in [5.41, 5.74) is 0. The second kappa shape index (κ2) is 7.63. The summed E-state index contributed by atoms with van der Waals surface area (Å²) in [6.45, 7) is -1.34. The predicted molar refractivity (Wildman–Crippen MR) is 68.6 cm³/mol. The molecule has 8 N–H and O–H groups in total. The first-order valence-corrected chi connectivity index (χ1v) is 7.08. The number of aliphatic hydroxyl groups excluding tert-OH is 8. The second-order valence-corrected chi connectivity index (χ2v) is 5.53. The molecule has 23 heavy (non-hydrogen) atoms. The van der Waals surface area contributed by atoms with E-state index in [1.54, 1.807) is 0 Å². The molecule has 1 unspecified atom stereocenters. The summed E-state index contributed by atoms with van der Waals surface area (Å²) in [6, 6.07) is 0. The van der Waals surface area contributed by atoms with Crippen LogP contribution in [0.3, 0.4) is 0 Å². The monoisotopic (exact) mass is 342 g/mol. The van der Waals surface area contributed by atoms with Crippen molar-refractivity contribution in [3.63, 3.8) is 0 Å². The molecule has 0 radical (unpaired) electrons. The number of hydrogen-bond donors (Lipinski definition) is 8. The van der Waals surface area contributed by atoms with Crippen molar-refractivity contribution in [2.45, 2.75) is 61.4 Å². The molecule has 11 heteroatoms. The quantitative estimate of drug-likeness (QED) is 0.243. The highest BCUT2D eigenvalue weighted by atomic mass is 16.7. The molecule has 2 heterocycles. The van der Waals surface area contributed by atoms with E-state index >= 15 is 0 Å². The molecule has 0 aromatic rings. The highest BCUT2D eigenvalue weighted by molar-refractivity contribution is 4.93. The van der Waals surface area contributed by atoms with Gasteiger partial charge in [-0.3, -0.25) is 0 Å². The van der Waals surface area contributed by atoms with Gasteiger partial charge in [0.2, 0.25) is 0 Å². The minimum absolute atomic E-state index is 0.667. The van der Waals surface area contributed by atoms with Crippen molar-refractivity contribution in [3.05, 3.63) is 0 Å². The summed E-state index contributed by atoms with van der Waals surface area (Å²) in [6.07, 6.45) is -15.7. The molecule has 2 aliphatic heterocycles. The minimum atomic E-state index is -1.76. The fourth-order valence-electron chi connectivity index (χ4n) is 2.56. The average Bonchev–Trinajstić information content (AvgIpc) is 2.54. The van der Waals surface area contributed by atoms with Crippen molar-refractivity contribution in [1.29, 1.82) is 0 Å². The van der Waals surface area contributed by atoms with E-state index in [1.165, 1.54) is 0 Å². The van der Waals surface area contributed by atoms with Crippen molar-refractivity contribution in [1.82, 2.24) is 0 Å². The molecule has 0 aliphatic carbocycles. The lowest BCUT2D eigenvalue weighted by atomic mass is 9.97. The summed E-state index contributed by atoms with van der Waals surface area (Å²) in [5, 5.41) is 76.8. The maximum Gasteiger partial charge on any atom is 0.187 e. The molecule has 0 aromatic carbocycles. The third kappa shape index (κ3) is 3.65. The van der Waals surface area contributed by atoms with E-state index in [-0.39, 0.29) is 0 Å². The van der Waals surface area contributed by atoms with Crippen LogP contribution in [0.15, 0.2) is 0 Å². The zero-order valence-electron chi connectivity index (χ0n) is 12.0. The van der Waals surface area contributed by atoms with Crippen LogP contribution in [0, 0.1) is 0 Å². The van der Waals surface area contributed by atoms with Crippen LogP contribution < -0.4 is 0 Å². The molecule has 0 spiro atoms. The van der Waals surface area contributed by atoms with Crippen LogP contribution >= 0.6 is 0 Å². The maximum absolute atomic E-state index is 10.00. The van der Waals surface area contributed by atoms with Gasteiger partial charge in [-0.1, -0.05) is 0 Å². The zero-order valence-corrected chi connectivity index (χ0v) is 12.0. The Hall–Kier alpha value is -0.440. The van der Waals surface area contributed by atoms with Gasteiger partial charge < -0.3 is 55.1 Å². The number of hydrogen-bond acceptors (Lipinski definition) is 11. The summed E-state index contributed by atoms with van der Waals surface area (Å²) in [4.78, 5) is 0. The fraction of sp³-hybridized carbons (Fsp3) is 1.00. The van der Waals surface area contributed by atoms with Gasteiger partial charge in [0.05, 0.1) is 13.2 Å². The van der Waals surface area contributed by atoms with E-state index in [9.17, 15) is 30.6 Å². The third-order valence-electron chi connectivity index (χ3n) is 3.98. The minimum Gasteiger partial charge on any atom is -0.394 e. The Bertz CT molecular complexity index is 380. The Kier molecular flexibility index (Phi) is 6.27. The fourth-order valence-corrected chi connectivity index (χ4v) is 2.56. The largest absolute Gasteiger partial charge is 0.394 e.